The molecule has 0 atom stereocenters. The number of hydrogen-bond acceptors (Lipinski definition) is 6. The number of ether oxygens (including phenoxy) is 2. The SMILES string of the molecule is COc1ccn2nc(C)c(C(=O)CCc3ccc(N4CC5(C4)CN(c4ccc(OC(F)(F)F)cc4)C5)cc3)c2c1. The fourth-order valence-corrected chi connectivity index (χ4v) is 5.82. The molecule has 0 bridgehead atoms. The molecule has 10 heteroatoms. The number of anilines is 2. The zero-order chi connectivity index (χ0) is 28.1. The van der Waals surface area contributed by atoms with Crippen LogP contribution in [-0.2, 0) is 6.42 Å². The first-order valence-electron chi connectivity index (χ1n) is 13.1. The minimum atomic E-state index is -4.68. The van der Waals surface area contributed by atoms with Gasteiger partial charge in [0, 0.05) is 61.7 Å². The van der Waals surface area contributed by atoms with E-state index in [-0.39, 0.29) is 16.9 Å². The molecule has 4 heterocycles. The maximum Gasteiger partial charge on any atom is 0.573 e. The van der Waals surface area contributed by atoms with Gasteiger partial charge in [0.15, 0.2) is 5.78 Å². The van der Waals surface area contributed by atoms with Crippen LogP contribution in [0.2, 0.25) is 0 Å². The van der Waals surface area contributed by atoms with Gasteiger partial charge in [-0.1, -0.05) is 12.1 Å². The number of Topliss-reactive ketones (excluding diaryl/α,β-unsaturated/α-hetero) is 1. The molecule has 1 spiro atoms. The third kappa shape index (κ3) is 5.05. The summed E-state index contributed by atoms with van der Waals surface area (Å²) in [5, 5.41) is 4.46. The minimum Gasteiger partial charge on any atom is -0.497 e. The lowest BCUT2D eigenvalue weighted by Crippen LogP contribution is -2.72. The second-order valence-corrected chi connectivity index (χ2v) is 10.7. The summed E-state index contributed by atoms with van der Waals surface area (Å²) in [6.45, 7) is 5.48. The summed E-state index contributed by atoms with van der Waals surface area (Å²) in [6, 6.07) is 18.1. The molecule has 0 amide bonds. The molecule has 7 nitrogen and oxygen atoms in total. The number of rotatable bonds is 8. The highest BCUT2D eigenvalue weighted by Crippen LogP contribution is 2.44. The predicted molar refractivity (Wildman–Crippen MR) is 146 cm³/mol. The molecule has 0 aliphatic carbocycles. The fraction of sp³-hybridized carbons (Fsp3) is 0.333. The molecule has 208 valence electrons. The molecule has 2 aliphatic heterocycles. The number of fused-ring (bicyclic) bond motifs is 1. The van der Waals surface area contributed by atoms with E-state index in [1.165, 1.54) is 12.1 Å². The Morgan fingerprint density at radius 3 is 2.10 bits per heavy atom. The standard InChI is InChI=1S/C30H29F3N4O3/c1-20-28(26-15-25(39-2)13-14-37(26)34-20)27(38)12-5-21-3-6-22(7-4-21)35-16-29(17-35)18-36(19-29)23-8-10-24(11-9-23)40-30(31,32)33/h3-4,6-11,13-15H,5,12,16-19H2,1-2H3. The van der Waals surface area contributed by atoms with Crippen LogP contribution in [0, 0.1) is 12.3 Å². The van der Waals surface area contributed by atoms with Crippen molar-refractivity contribution in [1.29, 1.82) is 0 Å². The van der Waals surface area contributed by atoms with Gasteiger partial charge in [-0.25, -0.2) is 4.52 Å². The number of nitrogens with zero attached hydrogens (tertiary/aromatic N) is 4. The number of alkyl halides is 3. The van der Waals surface area contributed by atoms with Gasteiger partial charge in [-0.15, -0.1) is 13.2 Å². The summed E-state index contributed by atoms with van der Waals surface area (Å²) in [5.41, 5.74) is 5.47. The van der Waals surface area contributed by atoms with E-state index >= 15 is 0 Å². The number of hydrogen-bond donors (Lipinski definition) is 0. The summed E-state index contributed by atoms with van der Waals surface area (Å²) in [6.07, 6.45) is -1.85. The van der Waals surface area contributed by atoms with Gasteiger partial charge < -0.3 is 19.3 Å². The topological polar surface area (TPSA) is 59.3 Å². The van der Waals surface area contributed by atoms with E-state index in [2.05, 4.69) is 43.9 Å². The van der Waals surface area contributed by atoms with Crippen molar-refractivity contribution in [2.24, 2.45) is 5.41 Å². The number of methoxy groups -OCH3 is 1. The fourth-order valence-electron chi connectivity index (χ4n) is 5.82. The Morgan fingerprint density at radius 1 is 0.925 bits per heavy atom. The van der Waals surface area contributed by atoms with Gasteiger partial charge in [0.05, 0.1) is 23.9 Å². The van der Waals surface area contributed by atoms with Crippen molar-refractivity contribution in [2.45, 2.75) is 26.1 Å². The first-order valence-corrected chi connectivity index (χ1v) is 13.1. The van der Waals surface area contributed by atoms with Crippen molar-refractivity contribution in [1.82, 2.24) is 9.61 Å². The van der Waals surface area contributed by atoms with Crippen molar-refractivity contribution >= 4 is 22.7 Å². The molecule has 2 aromatic heterocycles. The van der Waals surface area contributed by atoms with E-state index in [4.69, 9.17) is 4.74 Å². The second-order valence-electron chi connectivity index (χ2n) is 10.7. The van der Waals surface area contributed by atoms with Crippen molar-refractivity contribution in [3.05, 3.63) is 83.7 Å². The molecule has 0 radical (unpaired) electrons. The number of halogens is 3. The van der Waals surface area contributed by atoms with E-state index in [1.807, 2.05) is 19.1 Å². The van der Waals surface area contributed by atoms with Gasteiger partial charge >= 0.3 is 6.36 Å². The molecular weight excluding hydrogens is 521 g/mol. The van der Waals surface area contributed by atoms with Crippen LogP contribution in [0.1, 0.15) is 28.0 Å². The molecule has 6 rings (SSSR count). The highest BCUT2D eigenvalue weighted by molar-refractivity contribution is 6.03. The normalized spacial score (nSPS) is 16.1. The third-order valence-electron chi connectivity index (χ3n) is 7.78. The molecule has 2 aromatic carbocycles. The van der Waals surface area contributed by atoms with Crippen molar-refractivity contribution in [2.75, 3.05) is 43.1 Å². The molecule has 2 aliphatic rings. The van der Waals surface area contributed by atoms with Gasteiger partial charge in [-0.3, -0.25) is 4.79 Å². The summed E-state index contributed by atoms with van der Waals surface area (Å²) in [4.78, 5) is 17.6. The van der Waals surface area contributed by atoms with E-state index in [1.54, 1.807) is 30.0 Å². The van der Waals surface area contributed by atoms with Crippen molar-refractivity contribution < 1.29 is 27.4 Å². The Labute approximate surface area is 229 Å². The number of pyridine rings is 1. The Bertz CT molecular complexity index is 1530. The van der Waals surface area contributed by atoms with Crippen molar-refractivity contribution in [3.8, 4) is 11.5 Å². The quantitative estimate of drug-likeness (QED) is 0.263. The Kier molecular flexibility index (Phi) is 6.35. The zero-order valence-corrected chi connectivity index (χ0v) is 22.2. The lowest BCUT2D eigenvalue weighted by molar-refractivity contribution is -0.274. The number of ketones is 1. The number of aryl methyl sites for hydroxylation is 2. The van der Waals surface area contributed by atoms with E-state index in [0.717, 1.165) is 48.6 Å². The van der Waals surface area contributed by atoms with Crippen LogP contribution in [-0.4, -0.2) is 55.0 Å². The van der Waals surface area contributed by atoms with E-state index < -0.39 is 6.36 Å². The summed E-state index contributed by atoms with van der Waals surface area (Å²) >= 11 is 0. The average molecular weight is 551 g/mol. The molecular formula is C30H29F3N4O3. The zero-order valence-electron chi connectivity index (χ0n) is 22.2. The van der Waals surface area contributed by atoms with Crippen molar-refractivity contribution in [3.63, 3.8) is 0 Å². The number of carbonyl (C=O) groups is 1. The second kappa shape index (κ2) is 9.76. The van der Waals surface area contributed by atoms with Crippen LogP contribution in [0.4, 0.5) is 24.5 Å². The van der Waals surface area contributed by atoms with Gasteiger partial charge in [0.2, 0.25) is 0 Å². The molecule has 2 fully saturated rings. The number of carbonyl (C=O) groups excluding carboxylic acids is 1. The van der Waals surface area contributed by atoms with Crippen LogP contribution in [0.5, 0.6) is 11.5 Å². The van der Waals surface area contributed by atoms with Crippen LogP contribution >= 0.6 is 0 Å². The minimum absolute atomic E-state index is 0.0616. The van der Waals surface area contributed by atoms with Gasteiger partial charge in [-0.2, -0.15) is 5.10 Å². The summed E-state index contributed by atoms with van der Waals surface area (Å²) < 4.78 is 48.1. The first kappa shape index (κ1) is 26.0. The van der Waals surface area contributed by atoms with Crippen LogP contribution in [0.3, 0.4) is 0 Å². The number of aromatic nitrogens is 2. The largest absolute Gasteiger partial charge is 0.573 e. The third-order valence-corrected chi connectivity index (χ3v) is 7.78. The predicted octanol–water partition coefficient (Wildman–Crippen LogP) is 5.69. The monoisotopic (exact) mass is 550 g/mol. The average Bonchev–Trinajstić information content (AvgIpc) is 3.21. The molecule has 0 N–H and O–H groups in total. The maximum atomic E-state index is 13.1. The van der Waals surface area contributed by atoms with E-state index in [0.29, 0.717) is 29.8 Å². The van der Waals surface area contributed by atoms with Crippen LogP contribution in [0.25, 0.3) is 5.52 Å². The highest BCUT2D eigenvalue weighted by Gasteiger charge is 2.51. The molecule has 0 saturated carbocycles. The first-order chi connectivity index (χ1) is 19.1. The van der Waals surface area contributed by atoms with E-state index in [9.17, 15) is 18.0 Å². The highest BCUT2D eigenvalue weighted by atomic mass is 19.4. The summed E-state index contributed by atoms with van der Waals surface area (Å²) in [7, 11) is 1.60. The van der Waals surface area contributed by atoms with Crippen LogP contribution in [0.15, 0.2) is 66.9 Å². The van der Waals surface area contributed by atoms with Gasteiger partial charge in [0.25, 0.3) is 0 Å². The summed E-state index contributed by atoms with van der Waals surface area (Å²) in [5.74, 6) is 0.542. The molecule has 2 saturated heterocycles. The Morgan fingerprint density at radius 2 is 1.52 bits per heavy atom. The molecule has 4 aromatic rings. The van der Waals surface area contributed by atoms with Gasteiger partial charge in [-0.05, 0) is 61.4 Å². The Hall–Kier alpha value is -4.21. The van der Waals surface area contributed by atoms with Crippen LogP contribution < -0.4 is 19.3 Å². The molecule has 40 heavy (non-hydrogen) atoms. The molecule has 0 unspecified atom stereocenters. The lowest BCUT2D eigenvalue weighted by Gasteiger charge is -2.61. The smallest absolute Gasteiger partial charge is 0.497 e. The maximum absolute atomic E-state index is 13.1. The lowest BCUT2D eigenvalue weighted by atomic mass is 9.72. The number of benzene rings is 2. The Balaban J connectivity index is 1.00. The van der Waals surface area contributed by atoms with Gasteiger partial charge in [0.1, 0.15) is 11.5 Å².